The molecule has 1 aromatic heterocycles. The first kappa shape index (κ1) is 10.7. The van der Waals surface area contributed by atoms with Crippen LogP contribution < -0.4 is 10.6 Å². The first-order chi connectivity index (χ1) is 7.20. The van der Waals surface area contributed by atoms with E-state index in [1.807, 2.05) is 0 Å². The number of thiazole rings is 1. The summed E-state index contributed by atoms with van der Waals surface area (Å²) in [6, 6.07) is 0.605. The van der Waals surface area contributed by atoms with E-state index in [4.69, 9.17) is 5.73 Å². The van der Waals surface area contributed by atoms with Gasteiger partial charge in [0.2, 0.25) is 0 Å². The number of rotatable bonds is 2. The minimum atomic E-state index is 0.605. The zero-order chi connectivity index (χ0) is 10.8. The maximum absolute atomic E-state index is 5.69. The predicted molar refractivity (Wildman–Crippen MR) is 65.4 cm³/mol. The quantitative estimate of drug-likeness (QED) is 0.824. The van der Waals surface area contributed by atoms with Gasteiger partial charge in [-0.3, -0.25) is 4.90 Å². The van der Waals surface area contributed by atoms with Crippen molar-refractivity contribution in [3.05, 3.63) is 6.20 Å². The summed E-state index contributed by atoms with van der Waals surface area (Å²) in [6.45, 7) is 8.86. The zero-order valence-electron chi connectivity index (χ0n) is 9.31. The van der Waals surface area contributed by atoms with Gasteiger partial charge in [-0.15, -0.1) is 0 Å². The lowest BCUT2D eigenvalue weighted by atomic mass is 10.2. The summed E-state index contributed by atoms with van der Waals surface area (Å²) in [6.07, 6.45) is 1.75. The molecular formula is C10H18N4S. The smallest absolute Gasteiger partial charge is 0.187 e. The lowest BCUT2D eigenvalue weighted by Crippen LogP contribution is -2.51. The van der Waals surface area contributed by atoms with Gasteiger partial charge in [-0.05, 0) is 13.5 Å². The number of hydrogen-bond acceptors (Lipinski definition) is 5. The molecule has 0 radical (unpaired) electrons. The Hall–Kier alpha value is -0.810. The summed E-state index contributed by atoms with van der Waals surface area (Å²) >= 11 is 1.58. The lowest BCUT2D eigenvalue weighted by molar-refractivity contribution is 0.199. The lowest BCUT2D eigenvalue weighted by Gasteiger charge is -2.39. The third-order valence-electron chi connectivity index (χ3n) is 2.95. The fourth-order valence-electron chi connectivity index (χ4n) is 2.06. The second-order valence-electron chi connectivity index (χ2n) is 3.97. The second-order valence-corrected chi connectivity index (χ2v) is 5.01. The van der Waals surface area contributed by atoms with E-state index < -0.39 is 0 Å². The molecule has 2 rings (SSSR count). The van der Waals surface area contributed by atoms with E-state index in [2.05, 4.69) is 28.6 Å². The monoisotopic (exact) mass is 226 g/mol. The highest BCUT2D eigenvalue weighted by Gasteiger charge is 2.23. The van der Waals surface area contributed by atoms with Crippen molar-refractivity contribution in [1.29, 1.82) is 0 Å². The highest BCUT2D eigenvalue weighted by Crippen LogP contribution is 2.25. The molecule has 84 valence electrons. The normalized spacial score (nSPS) is 23.3. The van der Waals surface area contributed by atoms with E-state index in [0.717, 1.165) is 36.3 Å². The molecule has 15 heavy (non-hydrogen) atoms. The molecule has 1 aromatic rings. The molecule has 0 bridgehead atoms. The van der Waals surface area contributed by atoms with Crippen LogP contribution in [0.5, 0.6) is 0 Å². The van der Waals surface area contributed by atoms with Crippen LogP contribution in [0.2, 0.25) is 0 Å². The van der Waals surface area contributed by atoms with Crippen molar-refractivity contribution >= 4 is 21.5 Å². The topological polar surface area (TPSA) is 45.4 Å². The molecule has 2 heterocycles. The molecule has 4 nitrogen and oxygen atoms in total. The van der Waals surface area contributed by atoms with Crippen molar-refractivity contribution in [3.8, 4) is 0 Å². The Kier molecular flexibility index (Phi) is 3.11. The predicted octanol–water partition coefficient (Wildman–Crippen LogP) is 1.26. The van der Waals surface area contributed by atoms with Gasteiger partial charge in [-0.2, -0.15) is 0 Å². The molecule has 0 spiro atoms. The average molecular weight is 226 g/mol. The first-order valence-corrected chi connectivity index (χ1v) is 6.22. The number of nitrogens with two attached hydrogens (primary N) is 1. The van der Waals surface area contributed by atoms with Crippen molar-refractivity contribution in [2.75, 3.05) is 36.8 Å². The van der Waals surface area contributed by atoms with Gasteiger partial charge in [0.05, 0.1) is 6.20 Å². The van der Waals surface area contributed by atoms with E-state index >= 15 is 0 Å². The zero-order valence-corrected chi connectivity index (χ0v) is 10.1. The van der Waals surface area contributed by atoms with Crippen LogP contribution in [-0.2, 0) is 0 Å². The van der Waals surface area contributed by atoms with Crippen molar-refractivity contribution in [3.63, 3.8) is 0 Å². The standard InChI is InChI=1S/C10H18N4S/c1-3-13-4-5-14(7-8(13)2)10-12-6-9(11)15-10/h6,8H,3-5,7,11H2,1-2H3. The Bertz CT molecular complexity index is 325. The van der Waals surface area contributed by atoms with Gasteiger partial charge in [-0.1, -0.05) is 18.3 Å². The fraction of sp³-hybridized carbons (Fsp3) is 0.700. The van der Waals surface area contributed by atoms with Gasteiger partial charge in [-0.25, -0.2) is 4.98 Å². The Morgan fingerprint density at radius 3 is 2.93 bits per heavy atom. The Morgan fingerprint density at radius 2 is 2.40 bits per heavy atom. The van der Waals surface area contributed by atoms with E-state index in [-0.39, 0.29) is 0 Å². The summed E-state index contributed by atoms with van der Waals surface area (Å²) in [5, 5.41) is 1.87. The summed E-state index contributed by atoms with van der Waals surface area (Å²) in [7, 11) is 0. The third-order valence-corrected chi connectivity index (χ3v) is 3.84. The maximum atomic E-state index is 5.69. The van der Waals surface area contributed by atoms with Crippen LogP contribution in [0.1, 0.15) is 13.8 Å². The molecule has 1 atom stereocenters. The van der Waals surface area contributed by atoms with Crippen LogP contribution in [0.15, 0.2) is 6.20 Å². The van der Waals surface area contributed by atoms with E-state index in [9.17, 15) is 0 Å². The number of nitrogen functional groups attached to an aromatic ring is 1. The first-order valence-electron chi connectivity index (χ1n) is 5.41. The Morgan fingerprint density at radius 1 is 1.60 bits per heavy atom. The second kappa shape index (κ2) is 4.37. The van der Waals surface area contributed by atoms with Crippen LogP contribution in [0.4, 0.5) is 10.1 Å². The van der Waals surface area contributed by atoms with Gasteiger partial charge >= 0.3 is 0 Å². The van der Waals surface area contributed by atoms with Gasteiger partial charge in [0.15, 0.2) is 5.13 Å². The fourth-order valence-corrected chi connectivity index (χ4v) is 2.78. The number of aromatic nitrogens is 1. The minimum Gasteiger partial charge on any atom is -0.389 e. The van der Waals surface area contributed by atoms with Crippen LogP contribution in [0.25, 0.3) is 0 Å². The average Bonchev–Trinajstić information content (AvgIpc) is 2.65. The molecule has 5 heteroatoms. The van der Waals surface area contributed by atoms with Gasteiger partial charge in [0.25, 0.3) is 0 Å². The van der Waals surface area contributed by atoms with Crippen LogP contribution in [0, 0.1) is 0 Å². The van der Waals surface area contributed by atoms with Crippen molar-refractivity contribution in [1.82, 2.24) is 9.88 Å². The highest BCUT2D eigenvalue weighted by molar-refractivity contribution is 7.19. The molecule has 1 aliphatic heterocycles. The molecule has 0 aromatic carbocycles. The molecule has 1 fully saturated rings. The summed E-state index contributed by atoms with van der Waals surface area (Å²) in [5.41, 5.74) is 5.69. The van der Waals surface area contributed by atoms with Crippen molar-refractivity contribution < 1.29 is 0 Å². The number of nitrogens with zero attached hydrogens (tertiary/aromatic N) is 3. The number of likely N-dealkylation sites (N-methyl/N-ethyl adjacent to an activating group) is 1. The third kappa shape index (κ3) is 2.23. The molecule has 1 unspecified atom stereocenters. The summed E-state index contributed by atoms with van der Waals surface area (Å²) < 4.78 is 0. The SMILES string of the molecule is CCN1CCN(c2ncc(N)s2)CC1C. The van der Waals surface area contributed by atoms with Crippen LogP contribution in [-0.4, -0.2) is 42.1 Å². The van der Waals surface area contributed by atoms with Gasteiger partial charge < -0.3 is 10.6 Å². The van der Waals surface area contributed by atoms with Crippen LogP contribution in [0.3, 0.4) is 0 Å². The molecule has 1 aliphatic rings. The number of anilines is 2. The number of piperazine rings is 1. The number of hydrogen-bond donors (Lipinski definition) is 1. The summed E-state index contributed by atoms with van der Waals surface area (Å²) in [5.74, 6) is 0. The molecule has 0 saturated carbocycles. The summed E-state index contributed by atoms with van der Waals surface area (Å²) in [4.78, 5) is 9.15. The highest BCUT2D eigenvalue weighted by atomic mass is 32.1. The molecule has 0 amide bonds. The Balaban J connectivity index is 2.02. The molecule has 1 saturated heterocycles. The van der Waals surface area contributed by atoms with Gasteiger partial charge in [0, 0.05) is 25.7 Å². The van der Waals surface area contributed by atoms with Gasteiger partial charge in [0.1, 0.15) is 5.00 Å². The minimum absolute atomic E-state index is 0.605. The molecule has 0 aliphatic carbocycles. The largest absolute Gasteiger partial charge is 0.389 e. The molecule has 2 N–H and O–H groups in total. The Labute approximate surface area is 94.7 Å². The van der Waals surface area contributed by atoms with E-state index in [0.29, 0.717) is 6.04 Å². The van der Waals surface area contributed by atoms with Crippen molar-refractivity contribution in [2.24, 2.45) is 0 Å². The molecular weight excluding hydrogens is 208 g/mol. The van der Waals surface area contributed by atoms with E-state index in [1.54, 1.807) is 17.5 Å². The maximum Gasteiger partial charge on any atom is 0.187 e. The van der Waals surface area contributed by atoms with Crippen molar-refractivity contribution in [2.45, 2.75) is 19.9 Å². The van der Waals surface area contributed by atoms with Crippen LogP contribution >= 0.6 is 11.3 Å². The van der Waals surface area contributed by atoms with E-state index in [1.165, 1.54) is 0 Å².